The highest BCUT2D eigenvalue weighted by molar-refractivity contribution is 5.76. The van der Waals surface area contributed by atoms with Crippen LogP contribution in [0.2, 0.25) is 0 Å². The van der Waals surface area contributed by atoms with Crippen molar-refractivity contribution in [2.75, 3.05) is 0 Å². The van der Waals surface area contributed by atoms with Gasteiger partial charge in [-0.15, -0.1) is 0 Å². The average molecular weight is 226 g/mol. The van der Waals surface area contributed by atoms with E-state index in [0.29, 0.717) is 11.1 Å². The van der Waals surface area contributed by atoms with Crippen LogP contribution in [0.5, 0.6) is 0 Å². The van der Waals surface area contributed by atoms with Gasteiger partial charge in [0, 0.05) is 5.39 Å². The molecule has 1 aromatic heterocycles. The minimum atomic E-state index is -0.360. The van der Waals surface area contributed by atoms with Crippen LogP contribution in [0.3, 0.4) is 0 Å². The molecule has 1 atom stereocenters. The van der Waals surface area contributed by atoms with Gasteiger partial charge < -0.3 is 9.15 Å². The first-order valence-electron chi connectivity index (χ1n) is 5.36. The van der Waals surface area contributed by atoms with Crippen LogP contribution in [0, 0.1) is 0 Å². The molecule has 0 bridgehead atoms. The Labute approximate surface area is 97.6 Å². The van der Waals surface area contributed by atoms with Crippen LogP contribution in [0.1, 0.15) is 11.7 Å². The molecule has 1 unspecified atom stereocenters. The van der Waals surface area contributed by atoms with E-state index in [2.05, 4.69) is 0 Å². The molecule has 17 heavy (non-hydrogen) atoms. The fourth-order valence-electron chi connectivity index (χ4n) is 1.84. The van der Waals surface area contributed by atoms with Crippen molar-refractivity contribution in [1.82, 2.24) is 0 Å². The molecule has 2 aromatic rings. The van der Waals surface area contributed by atoms with Crippen molar-refractivity contribution in [3.8, 4) is 0 Å². The normalized spacial score (nSPS) is 18.2. The molecule has 2 heterocycles. The third-order valence-corrected chi connectivity index (χ3v) is 2.68. The molecule has 1 aliphatic rings. The Bertz CT molecular complexity index is 664. The summed E-state index contributed by atoms with van der Waals surface area (Å²) in [6.07, 6.45) is 6.66. The summed E-state index contributed by atoms with van der Waals surface area (Å²) in [5, 5.41) is 0.897. The molecule has 1 aliphatic heterocycles. The third kappa shape index (κ3) is 1.76. The van der Waals surface area contributed by atoms with E-state index in [0.717, 1.165) is 5.39 Å². The van der Waals surface area contributed by atoms with Gasteiger partial charge in [-0.2, -0.15) is 0 Å². The summed E-state index contributed by atoms with van der Waals surface area (Å²) in [4.78, 5) is 11.8. The fraction of sp³-hybridized carbons (Fsp3) is 0.0714. The lowest BCUT2D eigenvalue weighted by atomic mass is 10.1. The van der Waals surface area contributed by atoms with Crippen LogP contribution in [0.4, 0.5) is 0 Å². The van der Waals surface area contributed by atoms with Crippen LogP contribution < -0.4 is 5.63 Å². The Kier molecular flexibility index (Phi) is 2.29. The highest BCUT2D eigenvalue weighted by atomic mass is 16.5. The number of hydrogen-bond donors (Lipinski definition) is 0. The Hall–Kier alpha value is -2.29. The lowest BCUT2D eigenvalue weighted by Gasteiger charge is -2.14. The zero-order valence-electron chi connectivity index (χ0n) is 9.00. The first kappa shape index (κ1) is 9.90. The second kappa shape index (κ2) is 3.94. The minimum absolute atomic E-state index is 0.353. The Morgan fingerprint density at radius 2 is 2.00 bits per heavy atom. The van der Waals surface area contributed by atoms with Gasteiger partial charge in [0.1, 0.15) is 11.7 Å². The topological polar surface area (TPSA) is 39.4 Å². The highest BCUT2D eigenvalue weighted by Crippen LogP contribution is 2.22. The number of para-hydroxylation sites is 1. The quantitative estimate of drug-likeness (QED) is 0.702. The standard InChI is InChI=1S/C14H10O3/c15-14-11(13-7-3-4-8-16-13)9-10-5-1-2-6-12(10)17-14/h1-9,13H. The second-order valence-corrected chi connectivity index (χ2v) is 3.80. The fourth-order valence-corrected chi connectivity index (χ4v) is 1.84. The molecule has 84 valence electrons. The average Bonchev–Trinajstić information content (AvgIpc) is 2.39. The van der Waals surface area contributed by atoms with Crippen molar-refractivity contribution in [3.05, 3.63) is 70.8 Å². The van der Waals surface area contributed by atoms with Gasteiger partial charge in [0.15, 0.2) is 0 Å². The molecule has 3 rings (SSSR count). The molecular weight excluding hydrogens is 216 g/mol. The zero-order valence-corrected chi connectivity index (χ0v) is 9.00. The van der Waals surface area contributed by atoms with Crippen LogP contribution in [0.15, 0.2) is 64.0 Å². The minimum Gasteiger partial charge on any atom is -0.489 e. The molecule has 1 aromatic carbocycles. The van der Waals surface area contributed by atoms with E-state index < -0.39 is 0 Å². The first-order valence-corrected chi connectivity index (χ1v) is 5.36. The predicted molar refractivity (Wildman–Crippen MR) is 64.6 cm³/mol. The maximum atomic E-state index is 11.8. The molecule has 0 fully saturated rings. The van der Waals surface area contributed by atoms with Gasteiger partial charge in [0.05, 0.1) is 11.8 Å². The lowest BCUT2D eigenvalue weighted by molar-refractivity contribution is 0.182. The molecule has 0 N–H and O–H groups in total. The van der Waals surface area contributed by atoms with E-state index in [1.165, 1.54) is 0 Å². The van der Waals surface area contributed by atoms with Gasteiger partial charge in [-0.05, 0) is 24.3 Å². The van der Waals surface area contributed by atoms with Crippen molar-refractivity contribution in [3.63, 3.8) is 0 Å². The summed E-state index contributed by atoms with van der Waals surface area (Å²) in [5.74, 6) is 0. The summed E-state index contributed by atoms with van der Waals surface area (Å²) in [7, 11) is 0. The molecule has 0 saturated carbocycles. The van der Waals surface area contributed by atoms with E-state index in [9.17, 15) is 4.79 Å². The summed E-state index contributed by atoms with van der Waals surface area (Å²) in [6.45, 7) is 0. The van der Waals surface area contributed by atoms with Crippen LogP contribution in [0.25, 0.3) is 11.0 Å². The van der Waals surface area contributed by atoms with Gasteiger partial charge in [0.2, 0.25) is 0 Å². The predicted octanol–water partition coefficient (Wildman–Crippen LogP) is 2.93. The Balaban J connectivity index is 2.16. The van der Waals surface area contributed by atoms with Crippen molar-refractivity contribution in [2.45, 2.75) is 6.10 Å². The summed E-state index contributed by atoms with van der Waals surface area (Å²) in [6, 6.07) is 9.24. The molecule has 0 spiro atoms. The number of benzene rings is 1. The summed E-state index contributed by atoms with van der Waals surface area (Å²) in [5.41, 5.74) is 0.759. The molecule has 0 amide bonds. The molecule has 0 saturated heterocycles. The third-order valence-electron chi connectivity index (χ3n) is 2.68. The van der Waals surface area contributed by atoms with E-state index in [4.69, 9.17) is 9.15 Å². The van der Waals surface area contributed by atoms with Crippen LogP contribution >= 0.6 is 0 Å². The Morgan fingerprint density at radius 1 is 1.12 bits per heavy atom. The van der Waals surface area contributed by atoms with Crippen molar-refractivity contribution < 1.29 is 9.15 Å². The molecule has 0 aliphatic carbocycles. The largest absolute Gasteiger partial charge is 0.489 e. The maximum Gasteiger partial charge on any atom is 0.343 e. The lowest BCUT2D eigenvalue weighted by Crippen LogP contribution is -2.12. The van der Waals surface area contributed by atoms with Crippen molar-refractivity contribution in [1.29, 1.82) is 0 Å². The highest BCUT2D eigenvalue weighted by Gasteiger charge is 2.15. The van der Waals surface area contributed by atoms with Gasteiger partial charge in [-0.3, -0.25) is 0 Å². The van der Waals surface area contributed by atoms with Crippen LogP contribution in [-0.2, 0) is 4.74 Å². The number of ether oxygens (including phenoxy) is 1. The molecule has 0 radical (unpaired) electrons. The van der Waals surface area contributed by atoms with E-state index in [1.54, 1.807) is 18.4 Å². The number of rotatable bonds is 1. The van der Waals surface area contributed by atoms with Gasteiger partial charge in [0.25, 0.3) is 0 Å². The number of allylic oxidation sites excluding steroid dienone is 2. The SMILES string of the molecule is O=c1oc2ccccc2cc1C1C=CC=CO1. The van der Waals surface area contributed by atoms with Gasteiger partial charge in [-0.1, -0.05) is 24.3 Å². The van der Waals surface area contributed by atoms with Crippen molar-refractivity contribution >= 4 is 11.0 Å². The van der Waals surface area contributed by atoms with E-state index >= 15 is 0 Å². The van der Waals surface area contributed by atoms with Gasteiger partial charge in [-0.25, -0.2) is 4.79 Å². The van der Waals surface area contributed by atoms with Crippen LogP contribution in [-0.4, -0.2) is 0 Å². The second-order valence-electron chi connectivity index (χ2n) is 3.80. The van der Waals surface area contributed by atoms with Crippen molar-refractivity contribution in [2.24, 2.45) is 0 Å². The number of hydrogen-bond acceptors (Lipinski definition) is 3. The smallest absolute Gasteiger partial charge is 0.343 e. The van der Waals surface area contributed by atoms with Gasteiger partial charge >= 0.3 is 5.63 Å². The van der Waals surface area contributed by atoms with E-state index in [-0.39, 0.29) is 11.7 Å². The summed E-state index contributed by atoms with van der Waals surface area (Å²) >= 11 is 0. The number of fused-ring (bicyclic) bond motifs is 1. The monoisotopic (exact) mass is 226 g/mol. The zero-order chi connectivity index (χ0) is 11.7. The molecular formula is C14H10O3. The molecule has 3 heteroatoms. The first-order chi connectivity index (χ1) is 8.34. The molecule has 3 nitrogen and oxygen atoms in total. The van der Waals surface area contributed by atoms with E-state index in [1.807, 2.05) is 36.4 Å². The maximum absolute atomic E-state index is 11.8. The Morgan fingerprint density at radius 3 is 2.82 bits per heavy atom. The summed E-state index contributed by atoms with van der Waals surface area (Å²) < 4.78 is 10.6.